The average Bonchev–Trinajstić information content (AvgIpc) is 2.85. The second kappa shape index (κ2) is 4.40. The first-order valence-corrected chi connectivity index (χ1v) is 6.18. The molecule has 0 saturated carbocycles. The molecule has 1 aromatic rings. The summed E-state index contributed by atoms with van der Waals surface area (Å²) in [6, 6.07) is 5.75. The number of hydrogen-bond donors (Lipinski definition) is 1. The van der Waals surface area contributed by atoms with Gasteiger partial charge in [-0.2, -0.15) is 13.2 Å². The first-order valence-electron chi connectivity index (χ1n) is 6.18. The van der Waals surface area contributed by atoms with Crippen molar-refractivity contribution in [3.05, 3.63) is 47.7 Å². The van der Waals surface area contributed by atoms with Crippen LogP contribution in [0.2, 0.25) is 0 Å². The Balaban J connectivity index is 1.95. The van der Waals surface area contributed by atoms with E-state index in [4.69, 9.17) is 0 Å². The Kier molecular flexibility index (Phi) is 2.84. The van der Waals surface area contributed by atoms with Crippen molar-refractivity contribution in [2.24, 2.45) is 10.9 Å². The van der Waals surface area contributed by atoms with Crippen LogP contribution in [0.1, 0.15) is 23.5 Å². The van der Waals surface area contributed by atoms with E-state index in [1.54, 1.807) is 18.3 Å². The maximum Gasteiger partial charge on any atom is 0.416 e. The summed E-state index contributed by atoms with van der Waals surface area (Å²) < 4.78 is 39.0. The lowest BCUT2D eigenvalue weighted by molar-refractivity contribution is -0.138. The van der Waals surface area contributed by atoms with Crippen LogP contribution >= 0.6 is 0 Å². The second-order valence-electron chi connectivity index (χ2n) is 4.86. The standard InChI is InChI=1S/C14H13F3N2/c15-14(16,17)12-4-2-1-3-11(12)10-7-9-5-6-18-13(9)19-8-10/h1-6,8-10,13,18H,7H2. The molecule has 5 heteroatoms. The van der Waals surface area contributed by atoms with Crippen molar-refractivity contribution in [1.29, 1.82) is 0 Å². The van der Waals surface area contributed by atoms with Crippen LogP contribution in [-0.2, 0) is 6.18 Å². The lowest BCUT2D eigenvalue weighted by Gasteiger charge is -2.27. The number of rotatable bonds is 1. The van der Waals surface area contributed by atoms with E-state index >= 15 is 0 Å². The molecule has 2 aliphatic rings. The molecule has 100 valence electrons. The Morgan fingerprint density at radius 3 is 2.79 bits per heavy atom. The third kappa shape index (κ3) is 2.25. The van der Waals surface area contributed by atoms with Gasteiger partial charge < -0.3 is 5.32 Å². The summed E-state index contributed by atoms with van der Waals surface area (Å²) in [5.41, 5.74) is -0.239. The van der Waals surface area contributed by atoms with Crippen LogP contribution in [0, 0.1) is 5.92 Å². The minimum absolute atomic E-state index is 0.00528. The number of fused-ring (bicyclic) bond motifs is 1. The van der Waals surface area contributed by atoms with Crippen molar-refractivity contribution in [2.45, 2.75) is 24.7 Å². The van der Waals surface area contributed by atoms with E-state index in [-0.39, 0.29) is 18.0 Å². The Labute approximate surface area is 109 Å². The fourth-order valence-corrected chi connectivity index (χ4v) is 2.70. The Morgan fingerprint density at radius 2 is 2.00 bits per heavy atom. The van der Waals surface area contributed by atoms with Crippen LogP contribution in [-0.4, -0.2) is 12.4 Å². The molecule has 0 saturated heterocycles. The van der Waals surface area contributed by atoms with Gasteiger partial charge in [0, 0.05) is 18.1 Å². The van der Waals surface area contributed by atoms with Crippen molar-refractivity contribution < 1.29 is 13.2 Å². The van der Waals surface area contributed by atoms with Crippen LogP contribution in [0.4, 0.5) is 13.2 Å². The summed E-state index contributed by atoms with van der Waals surface area (Å²) in [4.78, 5) is 4.31. The summed E-state index contributed by atoms with van der Waals surface area (Å²) in [5, 5.41) is 3.07. The number of alkyl halides is 3. The fraction of sp³-hybridized carbons (Fsp3) is 0.357. The largest absolute Gasteiger partial charge is 0.416 e. The summed E-state index contributed by atoms with van der Waals surface area (Å²) in [5.74, 6) is -0.0973. The lowest BCUT2D eigenvalue weighted by Crippen LogP contribution is -2.30. The molecule has 2 heterocycles. The van der Waals surface area contributed by atoms with Gasteiger partial charge in [-0.15, -0.1) is 0 Å². The first kappa shape index (κ1) is 12.3. The highest BCUT2D eigenvalue weighted by Gasteiger charge is 2.37. The van der Waals surface area contributed by atoms with E-state index in [0.29, 0.717) is 12.0 Å². The maximum absolute atomic E-state index is 13.0. The molecule has 2 aliphatic heterocycles. The minimum atomic E-state index is -4.31. The smallest absolute Gasteiger partial charge is 0.370 e. The van der Waals surface area contributed by atoms with E-state index < -0.39 is 11.7 Å². The Hall–Kier alpha value is -1.78. The van der Waals surface area contributed by atoms with Gasteiger partial charge in [0.15, 0.2) is 0 Å². The Morgan fingerprint density at radius 1 is 1.21 bits per heavy atom. The van der Waals surface area contributed by atoms with Gasteiger partial charge in [-0.05, 0) is 24.3 Å². The average molecular weight is 266 g/mol. The van der Waals surface area contributed by atoms with Crippen LogP contribution in [0.25, 0.3) is 0 Å². The number of aliphatic imine (C=N–C) groups is 1. The van der Waals surface area contributed by atoms with E-state index in [2.05, 4.69) is 10.3 Å². The van der Waals surface area contributed by atoms with Gasteiger partial charge in [0.25, 0.3) is 0 Å². The highest BCUT2D eigenvalue weighted by Crippen LogP contribution is 2.38. The van der Waals surface area contributed by atoms with Gasteiger partial charge in [0.1, 0.15) is 6.17 Å². The minimum Gasteiger partial charge on any atom is -0.370 e. The van der Waals surface area contributed by atoms with Gasteiger partial charge in [0.2, 0.25) is 0 Å². The molecule has 0 bridgehead atoms. The quantitative estimate of drug-likeness (QED) is 0.828. The van der Waals surface area contributed by atoms with Crippen molar-refractivity contribution in [3.63, 3.8) is 0 Å². The van der Waals surface area contributed by atoms with Gasteiger partial charge in [-0.1, -0.05) is 24.3 Å². The zero-order valence-electron chi connectivity index (χ0n) is 10.1. The summed E-state index contributed by atoms with van der Waals surface area (Å²) in [6.07, 6.45) is 1.78. The zero-order valence-corrected chi connectivity index (χ0v) is 10.1. The van der Waals surface area contributed by atoms with Gasteiger partial charge in [0.05, 0.1) is 5.56 Å². The van der Waals surface area contributed by atoms with Gasteiger partial charge in [-0.3, -0.25) is 4.99 Å². The van der Waals surface area contributed by atoms with Crippen molar-refractivity contribution >= 4 is 6.21 Å². The normalized spacial score (nSPS) is 29.1. The predicted octanol–water partition coefficient (Wildman–Crippen LogP) is 3.32. The fourth-order valence-electron chi connectivity index (χ4n) is 2.70. The highest BCUT2D eigenvalue weighted by atomic mass is 19.4. The van der Waals surface area contributed by atoms with Gasteiger partial charge in [-0.25, -0.2) is 0 Å². The van der Waals surface area contributed by atoms with E-state index in [9.17, 15) is 13.2 Å². The lowest BCUT2D eigenvalue weighted by atomic mass is 9.84. The molecule has 3 rings (SSSR count). The second-order valence-corrected chi connectivity index (χ2v) is 4.86. The molecule has 1 N–H and O–H groups in total. The number of nitrogens with one attached hydrogen (secondary N) is 1. The number of nitrogens with zero attached hydrogens (tertiary/aromatic N) is 1. The third-order valence-corrected chi connectivity index (χ3v) is 3.63. The van der Waals surface area contributed by atoms with Gasteiger partial charge >= 0.3 is 6.18 Å². The van der Waals surface area contributed by atoms with E-state index in [1.807, 2.05) is 12.3 Å². The van der Waals surface area contributed by atoms with E-state index in [1.165, 1.54) is 6.07 Å². The summed E-state index contributed by atoms with van der Waals surface area (Å²) in [6.45, 7) is 0. The molecule has 19 heavy (non-hydrogen) atoms. The molecule has 3 unspecified atom stereocenters. The summed E-state index contributed by atoms with van der Waals surface area (Å²) in [7, 11) is 0. The zero-order chi connectivity index (χ0) is 13.5. The Bertz CT molecular complexity index is 534. The number of hydrogen-bond acceptors (Lipinski definition) is 2. The highest BCUT2D eigenvalue weighted by molar-refractivity contribution is 5.70. The molecule has 0 fully saturated rings. The van der Waals surface area contributed by atoms with E-state index in [0.717, 1.165) is 6.07 Å². The van der Waals surface area contributed by atoms with Crippen LogP contribution in [0.5, 0.6) is 0 Å². The van der Waals surface area contributed by atoms with Crippen LogP contribution < -0.4 is 5.32 Å². The molecule has 1 aromatic carbocycles. The molecular weight excluding hydrogens is 253 g/mol. The number of halogens is 3. The molecular formula is C14H13F3N2. The predicted molar refractivity (Wildman–Crippen MR) is 66.8 cm³/mol. The monoisotopic (exact) mass is 266 g/mol. The van der Waals surface area contributed by atoms with Crippen molar-refractivity contribution in [3.8, 4) is 0 Å². The molecule has 2 nitrogen and oxygen atoms in total. The SMILES string of the molecule is FC(F)(F)c1ccccc1C1C=NC2NC=CC2C1. The number of benzene rings is 1. The van der Waals surface area contributed by atoms with Crippen molar-refractivity contribution in [1.82, 2.24) is 5.32 Å². The molecule has 0 amide bonds. The topological polar surface area (TPSA) is 24.4 Å². The third-order valence-electron chi connectivity index (χ3n) is 3.63. The maximum atomic E-state index is 13.0. The van der Waals surface area contributed by atoms with Crippen LogP contribution in [0.3, 0.4) is 0 Å². The first-order chi connectivity index (χ1) is 9.05. The molecule has 0 radical (unpaired) electrons. The molecule has 0 spiro atoms. The van der Waals surface area contributed by atoms with Crippen LogP contribution in [0.15, 0.2) is 41.5 Å². The molecule has 3 atom stereocenters. The molecule has 0 aliphatic carbocycles. The van der Waals surface area contributed by atoms with Crippen molar-refractivity contribution in [2.75, 3.05) is 0 Å². The molecule has 0 aromatic heterocycles. The summed E-state index contributed by atoms with van der Waals surface area (Å²) >= 11 is 0.